The molecule has 0 heterocycles. The van der Waals surface area contributed by atoms with Gasteiger partial charge in [0.15, 0.2) is 0 Å². The predicted octanol–water partition coefficient (Wildman–Crippen LogP) is 2.53. The third kappa shape index (κ3) is 3.53. The summed E-state index contributed by atoms with van der Waals surface area (Å²) in [6.07, 6.45) is 3.59. The molecule has 1 saturated carbocycles. The van der Waals surface area contributed by atoms with Crippen LogP contribution in [0.4, 0.5) is 5.69 Å². The van der Waals surface area contributed by atoms with Crippen molar-refractivity contribution in [2.75, 3.05) is 13.1 Å². The molecule has 1 aliphatic rings. The fraction of sp³-hybridized carbons (Fsp3) is 0.538. The molecule has 0 amide bonds. The lowest BCUT2D eigenvalue weighted by atomic mass is 10.1. The Kier molecular flexibility index (Phi) is 3.43. The third-order valence-electron chi connectivity index (χ3n) is 3.39. The molecule has 0 aromatic heterocycles. The van der Waals surface area contributed by atoms with E-state index in [0.717, 1.165) is 25.1 Å². The average Bonchev–Trinajstić information content (AvgIpc) is 3.04. The van der Waals surface area contributed by atoms with E-state index in [9.17, 15) is 10.1 Å². The maximum atomic E-state index is 10.5. The molecular weight excluding hydrogens is 216 g/mol. The molecule has 17 heavy (non-hydrogen) atoms. The van der Waals surface area contributed by atoms with Crippen molar-refractivity contribution in [2.45, 2.75) is 26.2 Å². The normalized spacial score (nSPS) is 16.8. The molecule has 0 atom stereocenters. The Hall–Kier alpha value is -1.42. The van der Waals surface area contributed by atoms with E-state index in [2.05, 4.69) is 12.2 Å². The van der Waals surface area contributed by atoms with Crippen molar-refractivity contribution in [3.63, 3.8) is 0 Å². The largest absolute Gasteiger partial charge is 0.316 e. The number of nitro groups is 1. The standard InChI is InChI=1S/C13H18N2O2/c1-13(7-8-13)10-14-9-6-11-2-4-12(5-3-11)15(16)17/h2-5,14H,6-10H2,1H3. The number of benzene rings is 1. The maximum absolute atomic E-state index is 10.5. The second kappa shape index (κ2) is 4.84. The Labute approximate surface area is 101 Å². The minimum absolute atomic E-state index is 0.159. The number of nitro benzene ring substituents is 1. The molecule has 4 nitrogen and oxygen atoms in total. The van der Waals surface area contributed by atoms with E-state index >= 15 is 0 Å². The van der Waals surface area contributed by atoms with Crippen molar-refractivity contribution < 1.29 is 4.92 Å². The zero-order chi connectivity index (χ0) is 12.3. The first-order valence-corrected chi connectivity index (χ1v) is 6.03. The Morgan fingerprint density at radius 3 is 2.53 bits per heavy atom. The van der Waals surface area contributed by atoms with Crippen LogP contribution >= 0.6 is 0 Å². The highest BCUT2D eigenvalue weighted by Gasteiger charge is 2.36. The lowest BCUT2D eigenvalue weighted by molar-refractivity contribution is -0.384. The highest BCUT2D eigenvalue weighted by atomic mass is 16.6. The van der Waals surface area contributed by atoms with Crippen molar-refractivity contribution in [1.29, 1.82) is 0 Å². The zero-order valence-corrected chi connectivity index (χ0v) is 10.1. The molecule has 0 bridgehead atoms. The molecule has 0 saturated heterocycles. The van der Waals surface area contributed by atoms with Gasteiger partial charge >= 0.3 is 0 Å². The van der Waals surface area contributed by atoms with Crippen LogP contribution in [0.3, 0.4) is 0 Å². The van der Waals surface area contributed by atoms with E-state index in [0.29, 0.717) is 5.41 Å². The van der Waals surface area contributed by atoms with E-state index < -0.39 is 0 Å². The van der Waals surface area contributed by atoms with Gasteiger partial charge in [0.2, 0.25) is 0 Å². The van der Waals surface area contributed by atoms with Gasteiger partial charge in [-0.1, -0.05) is 19.1 Å². The summed E-state index contributed by atoms with van der Waals surface area (Å²) in [6, 6.07) is 6.80. The van der Waals surface area contributed by atoms with E-state index in [1.165, 1.54) is 12.8 Å². The highest BCUT2D eigenvalue weighted by molar-refractivity contribution is 5.32. The molecule has 1 fully saturated rings. The fourth-order valence-electron chi connectivity index (χ4n) is 1.80. The molecule has 1 aliphatic carbocycles. The monoisotopic (exact) mass is 234 g/mol. The molecule has 0 aliphatic heterocycles. The van der Waals surface area contributed by atoms with Crippen LogP contribution in [0.5, 0.6) is 0 Å². The van der Waals surface area contributed by atoms with Crippen molar-refractivity contribution >= 4 is 5.69 Å². The van der Waals surface area contributed by atoms with E-state index in [1.807, 2.05) is 12.1 Å². The summed E-state index contributed by atoms with van der Waals surface area (Å²) in [5, 5.41) is 13.9. The summed E-state index contributed by atoms with van der Waals surface area (Å²) in [5.41, 5.74) is 1.84. The summed E-state index contributed by atoms with van der Waals surface area (Å²) >= 11 is 0. The van der Waals surface area contributed by atoms with Gasteiger partial charge in [0.05, 0.1) is 4.92 Å². The third-order valence-corrected chi connectivity index (χ3v) is 3.39. The topological polar surface area (TPSA) is 55.2 Å². The average molecular weight is 234 g/mol. The van der Waals surface area contributed by atoms with E-state index in [4.69, 9.17) is 0 Å². The van der Waals surface area contributed by atoms with Crippen molar-refractivity contribution in [3.05, 3.63) is 39.9 Å². The van der Waals surface area contributed by atoms with Gasteiger partial charge in [-0.15, -0.1) is 0 Å². The maximum Gasteiger partial charge on any atom is 0.269 e. The SMILES string of the molecule is CC1(CNCCc2ccc([N+](=O)[O-])cc2)CC1. The number of nitrogens with one attached hydrogen (secondary N) is 1. The quantitative estimate of drug-likeness (QED) is 0.467. The summed E-state index contributed by atoms with van der Waals surface area (Å²) in [7, 11) is 0. The Morgan fingerprint density at radius 1 is 1.35 bits per heavy atom. The molecule has 1 N–H and O–H groups in total. The summed E-state index contributed by atoms with van der Waals surface area (Å²) in [4.78, 5) is 10.1. The van der Waals surface area contributed by atoms with Gasteiger partial charge in [-0.25, -0.2) is 0 Å². The Bertz CT molecular complexity index is 396. The Balaban J connectivity index is 1.73. The van der Waals surface area contributed by atoms with Crippen LogP contribution in [0.25, 0.3) is 0 Å². The number of hydrogen-bond donors (Lipinski definition) is 1. The molecular formula is C13H18N2O2. The van der Waals surface area contributed by atoms with Crippen LogP contribution in [0.15, 0.2) is 24.3 Å². The van der Waals surface area contributed by atoms with Gasteiger partial charge in [0.25, 0.3) is 5.69 Å². The van der Waals surface area contributed by atoms with Gasteiger partial charge in [-0.2, -0.15) is 0 Å². The molecule has 0 spiro atoms. The predicted molar refractivity (Wildman–Crippen MR) is 67.0 cm³/mol. The highest BCUT2D eigenvalue weighted by Crippen LogP contribution is 2.43. The molecule has 92 valence electrons. The number of hydrogen-bond acceptors (Lipinski definition) is 3. The molecule has 0 radical (unpaired) electrons. The molecule has 1 aromatic rings. The summed E-state index contributed by atoms with van der Waals surface area (Å²) < 4.78 is 0. The lowest BCUT2D eigenvalue weighted by Crippen LogP contribution is -2.24. The van der Waals surface area contributed by atoms with E-state index in [-0.39, 0.29) is 10.6 Å². The smallest absolute Gasteiger partial charge is 0.269 e. The van der Waals surface area contributed by atoms with Crippen molar-refractivity contribution in [2.24, 2.45) is 5.41 Å². The van der Waals surface area contributed by atoms with Gasteiger partial charge < -0.3 is 5.32 Å². The lowest BCUT2D eigenvalue weighted by Gasteiger charge is -2.09. The zero-order valence-electron chi connectivity index (χ0n) is 10.1. The summed E-state index contributed by atoms with van der Waals surface area (Å²) in [6.45, 7) is 4.32. The van der Waals surface area contributed by atoms with Crippen molar-refractivity contribution in [3.8, 4) is 0 Å². The minimum Gasteiger partial charge on any atom is -0.316 e. The first-order valence-electron chi connectivity index (χ1n) is 6.03. The van der Waals surface area contributed by atoms with Crippen molar-refractivity contribution in [1.82, 2.24) is 5.32 Å². The summed E-state index contributed by atoms with van der Waals surface area (Å²) in [5.74, 6) is 0. The van der Waals surface area contributed by atoms with E-state index in [1.54, 1.807) is 12.1 Å². The van der Waals surface area contributed by atoms with Gasteiger partial charge in [0.1, 0.15) is 0 Å². The number of nitrogens with zero attached hydrogens (tertiary/aromatic N) is 1. The van der Waals surface area contributed by atoms with Crippen LogP contribution in [-0.4, -0.2) is 18.0 Å². The van der Waals surface area contributed by atoms with Gasteiger partial charge in [0, 0.05) is 18.7 Å². The fourth-order valence-corrected chi connectivity index (χ4v) is 1.80. The Morgan fingerprint density at radius 2 is 2.00 bits per heavy atom. The molecule has 0 unspecified atom stereocenters. The molecule has 4 heteroatoms. The van der Waals surface area contributed by atoms with Gasteiger partial charge in [-0.3, -0.25) is 10.1 Å². The molecule has 2 rings (SSSR count). The van der Waals surface area contributed by atoms with Crippen LogP contribution < -0.4 is 5.32 Å². The number of rotatable bonds is 6. The van der Waals surface area contributed by atoms with Crippen LogP contribution in [0, 0.1) is 15.5 Å². The molecule has 1 aromatic carbocycles. The second-order valence-corrected chi connectivity index (χ2v) is 5.16. The first kappa shape index (κ1) is 12.0. The van der Waals surface area contributed by atoms with Gasteiger partial charge in [-0.05, 0) is 36.8 Å². The minimum atomic E-state index is -0.365. The second-order valence-electron chi connectivity index (χ2n) is 5.16. The van der Waals surface area contributed by atoms with Crippen LogP contribution in [0.1, 0.15) is 25.3 Å². The first-order chi connectivity index (χ1) is 8.09. The number of non-ortho nitro benzene ring substituents is 1. The van der Waals surface area contributed by atoms with Crippen LogP contribution in [0.2, 0.25) is 0 Å². The van der Waals surface area contributed by atoms with Crippen LogP contribution in [-0.2, 0) is 6.42 Å².